The van der Waals surface area contributed by atoms with E-state index in [9.17, 15) is 9.59 Å². The molecule has 1 amide bonds. The van der Waals surface area contributed by atoms with Gasteiger partial charge in [0.05, 0.1) is 23.9 Å². The first-order valence-electron chi connectivity index (χ1n) is 12.3. The Hall–Kier alpha value is -4.39. The van der Waals surface area contributed by atoms with Gasteiger partial charge in [-0.05, 0) is 42.8 Å². The summed E-state index contributed by atoms with van der Waals surface area (Å²) in [6.45, 7) is 4.13. The molecule has 0 atom stereocenters. The smallest absolute Gasteiger partial charge is 0.339 e. The van der Waals surface area contributed by atoms with E-state index in [1.165, 1.54) is 0 Å². The minimum absolute atomic E-state index is 0.193. The number of nitrogens with zero attached hydrogens (tertiary/aromatic N) is 3. The van der Waals surface area contributed by atoms with Gasteiger partial charge in [-0.15, -0.1) is 0 Å². The topological polar surface area (TPSA) is 72.0 Å². The highest BCUT2D eigenvalue weighted by atomic mass is 16.5. The van der Waals surface area contributed by atoms with E-state index in [1.807, 2.05) is 85.8 Å². The second-order valence-electron chi connectivity index (χ2n) is 8.99. The SMILES string of the molecule is COc1ccc(N2CCN(C(=O)COC(=O)c3c(C)c(-c4ccccc4)nc4ccccc34)CC2)cc1. The molecule has 0 bridgehead atoms. The van der Waals surface area contributed by atoms with Crippen molar-refractivity contribution in [1.82, 2.24) is 9.88 Å². The van der Waals surface area contributed by atoms with Gasteiger partial charge in [-0.1, -0.05) is 48.5 Å². The molecule has 1 aliphatic heterocycles. The van der Waals surface area contributed by atoms with Crippen LogP contribution in [0.3, 0.4) is 0 Å². The maximum absolute atomic E-state index is 13.3. The third kappa shape index (κ3) is 5.11. The number of rotatable bonds is 6. The fourth-order valence-electron chi connectivity index (χ4n) is 4.75. The molecule has 2 heterocycles. The summed E-state index contributed by atoms with van der Waals surface area (Å²) in [6.07, 6.45) is 0. The number of esters is 1. The van der Waals surface area contributed by atoms with Crippen LogP contribution in [-0.2, 0) is 9.53 Å². The Kier molecular flexibility index (Phi) is 7.03. The molecular weight excluding hydrogens is 466 g/mol. The lowest BCUT2D eigenvalue weighted by Gasteiger charge is -2.36. The van der Waals surface area contributed by atoms with Crippen LogP contribution >= 0.6 is 0 Å². The molecule has 0 unspecified atom stereocenters. The highest BCUT2D eigenvalue weighted by Gasteiger charge is 2.24. The predicted octanol–water partition coefficient (Wildman–Crippen LogP) is 4.72. The summed E-state index contributed by atoms with van der Waals surface area (Å²) in [4.78, 5) is 35.0. The molecule has 1 saturated heterocycles. The van der Waals surface area contributed by atoms with Gasteiger partial charge in [-0.25, -0.2) is 9.78 Å². The zero-order valence-corrected chi connectivity index (χ0v) is 21.0. The summed E-state index contributed by atoms with van der Waals surface area (Å²) >= 11 is 0. The van der Waals surface area contributed by atoms with Crippen molar-refractivity contribution in [3.8, 4) is 17.0 Å². The molecule has 0 saturated carbocycles. The normalized spacial score (nSPS) is 13.5. The van der Waals surface area contributed by atoms with Crippen LogP contribution in [0.1, 0.15) is 15.9 Å². The van der Waals surface area contributed by atoms with Crippen LogP contribution in [0.25, 0.3) is 22.2 Å². The molecule has 1 aliphatic rings. The van der Waals surface area contributed by atoms with Gasteiger partial charge >= 0.3 is 5.97 Å². The zero-order chi connectivity index (χ0) is 25.8. The molecule has 3 aromatic carbocycles. The van der Waals surface area contributed by atoms with Crippen molar-refractivity contribution < 1.29 is 19.1 Å². The van der Waals surface area contributed by atoms with Gasteiger partial charge in [0.15, 0.2) is 6.61 Å². The number of carbonyl (C=O) groups is 2. The van der Waals surface area contributed by atoms with E-state index in [0.717, 1.165) is 28.3 Å². The summed E-state index contributed by atoms with van der Waals surface area (Å²) in [7, 11) is 1.65. The summed E-state index contributed by atoms with van der Waals surface area (Å²) in [5.74, 6) is 0.105. The number of ether oxygens (including phenoxy) is 2. The lowest BCUT2D eigenvalue weighted by Crippen LogP contribution is -2.49. The van der Waals surface area contributed by atoms with Crippen molar-refractivity contribution in [2.45, 2.75) is 6.92 Å². The number of piperazine rings is 1. The minimum Gasteiger partial charge on any atom is -0.497 e. The summed E-state index contributed by atoms with van der Waals surface area (Å²) in [6, 6.07) is 25.2. The van der Waals surface area contributed by atoms with Gasteiger partial charge < -0.3 is 19.3 Å². The van der Waals surface area contributed by atoms with Gasteiger partial charge in [0.1, 0.15) is 5.75 Å². The Morgan fingerprint density at radius 1 is 0.865 bits per heavy atom. The van der Waals surface area contributed by atoms with Crippen LogP contribution in [-0.4, -0.2) is 61.7 Å². The van der Waals surface area contributed by atoms with Crippen molar-refractivity contribution in [2.75, 3.05) is 44.8 Å². The van der Waals surface area contributed by atoms with E-state index in [2.05, 4.69) is 4.90 Å². The number of para-hydroxylation sites is 1. The van der Waals surface area contributed by atoms with Crippen molar-refractivity contribution >= 4 is 28.5 Å². The number of pyridine rings is 1. The first kappa shape index (κ1) is 24.3. The number of carbonyl (C=O) groups excluding carboxylic acids is 2. The maximum atomic E-state index is 13.3. The Balaban J connectivity index is 1.27. The number of hydrogen-bond acceptors (Lipinski definition) is 6. The number of anilines is 1. The molecule has 1 aromatic heterocycles. The lowest BCUT2D eigenvalue weighted by molar-refractivity contribution is -0.134. The molecule has 1 fully saturated rings. The molecule has 0 aliphatic carbocycles. The maximum Gasteiger partial charge on any atom is 0.339 e. The first-order valence-corrected chi connectivity index (χ1v) is 12.3. The quantitative estimate of drug-likeness (QED) is 0.361. The number of amides is 1. The van der Waals surface area contributed by atoms with Gasteiger partial charge in [0.2, 0.25) is 0 Å². The lowest BCUT2D eigenvalue weighted by atomic mass is 9.98. The van der Waals surface area contributed by atoms with E-state index < -0.39 is 5.97 Å². The highest BCUT2D eigenvalue weighted by Crippen LogP contribution is 2.30. The second-order valence-corrected chi connectivity index (χ2v) is 8.99. The minimum atomic E-state index is -0.515. The molecule has 7 nitrogen and oxygen atoms in total. The fourth-order valence-corrected chi connectivity index (χ4v) is 4.75. The average Bonchev–Trinajstić information content (AvgIpc) is 2.96. The largest absolute Gasteiger partial charge is 0.497 e. The van der Waals surface area contributed by atoms with Gasteiger partial charge in [-0.3, -0.25) is 4.79 Å². The first-order chi connectivity index (χ1) is 18.0. The van der Waals surface area contributed by atoms with E-state index >= 15 is 0 Å². The zero-order valence-electron chi connectivity index (χ0n) is 21.0. The number of methoxy groups -OCH3 is 1. The van der Waals surface area contributed by atoms with Crippen LogP contribution in [0.5, 0.6) is 5.75 Å². The summed E-state index contributed by atoms with van der Waals surface area (Å²) < 4.78 is 10.8. The van der Waals surface area contributed by atoms with E-state index in [-0.39, 0.29) is 12.5 Å². The standard InChI is InChI=1S/C30H29N3O4/c1-21-28(25-10-6-7-11-26(25)31-29(21)22-8-4-3-5-9-22)30(35)37-20-27(34)33-18-16-32(17-19-33)23-12-14-24(36-2)15-13-23/h3-15H,16-20H2,1-2H3. The van der Waals surface area contributed by atoms with Crippen molar-refractivity contribution in [2.24, 2.45) is 0 Å². The molecule has 0 spiro atoms. The summed E-state index contributed by atoms with van der Waals surface area (Å²) in [5.41, 5.74) is 4.63. The third-order valence-electron chi connectivity index (χ3n) is 6.78. The molecule has 7 heteroatoms. The van der Waals surface area contributed by atoms with E-state index in [0.29, 0.717) is 42.6 Å². The Morgan fingerprint density at radius 2 is 1.54 bits per heavy atom. The second kappa shape index (κ2) is 10.7. The Morgan fingerprint density at radius 3 is 2.24 bits per heavy atom. The average molecular weight is 496 g/mol. The van der Waals surface area contributed by atoms with Gasteiger partial charge in [0.25, 0.3) is 5.91 Å². The molecule has 4 aromatic rings. The molecule has 188 valence electrons. The van der Waals surface area contributed by atoms with Crippen molar-refractivity contribution in [1.29, 1.82) is 0 Å². The Bertz CT molecular complexity index is 1410. The third-order valence-corrected chi connectivity index (χ3v) is 6.78. The van der Waals surface area contributed by atoms with Crippen LogP contribution in [0.2, 0.25) is 0 Å². The van der Waals surface area contributed by atoms with Crippen LogP contribution in [0, 0.1) is 6.92 Å². The number of fused-ring (bicyclic) bond motifs is 1. The fraction of sp³-hybridized carbons (Fsp3) is 0.233. The van der Waals surface area contributed by atoms with Crippen LogP contribution in [0.15, 0.2) is 78.9 Å². The van der Waals surface area contributed by atoms with Crippen LogP contribution in [0.4, 0.5) is 5.69 Å². The number of aromatic nitrogens is 1. The molecule has 5 rings (SSSR count). The van der Waals surface area contributed by atoms with E-state index in [4.69, 9.17) is 14.5 Å². The monoisotopic (exact) mass is 495 g/mol. The summed E-state index contributed by atoms with van der Waals surface area (Å²) in [5, 5.41) is 0.713. The van der Waals surface area contributed by atoms with Gasteiger partial charge in [-0.2, -0.15) is 0 Å². The number of benzene rings is 3. The molecule has 0 radical (unpaired) electrons. The van der Waals surface area contributed by atoms with E-state index in [1.54, 1.807) is 12.0 Å². The van der Waals surface area contributed by atoms with Crippen molar-refractivity contribution in [3.63, 3.8) is 0 Å². The van der Waals surface area contributed by atoms with Crippen molar-refractivity contribution in [3.05, 3.63) is 90.0 Å². The molecular formula is C30H29N3O4. The molecule has 37 heavy (non-hydrogen) atoms. The highest BCUT2D eigenvalue weighted by molar-refractivity contribution is 6.06. The van der Waals surface area contributed by atoms with Gasteiger partial charge in [0, 0.05) is 42.8 Å². The Labute approximate surface area is 216 Å². The van der Waals surface area contributed by atoms with Crippen LogP contribution < -0.4 is 9.64 Å². The molecule has 0 N–H and O–H groups in total. The number of hydrogen-bond donors (Lipinski definition) is 0. The predicted molar refractivity (Wildman–Crippen MR) is 144 cm³/mol.